The molecule has 1 aromatic rings. The minimum absolute atomic E-state index is 0.166. The lowest BCUT2D eigenvalue weighted by Crippen LogP contribution is -2.19. The summed E-state index contributed by atoms with van der Waals surface area (Å²) in [6.07, 6.45) is 0.830. The van der Waals surface area contributed by atoms with E-state index in [0.29, 0.717) is 0 Å². The lowest BCUT2D eigenvalue weighted by atomic mass is 10.1. The van der Waals surface area contributed by atoms with E-state index >= 15 is 0 Å². The molecule has 0 heterocycles. The summed E-state index contributed by atoms with van der Waals surface area (Å²) in [4.78, 5) is 0. The summed E-state index contributed by atoms with van der Waals surface area (Å²) in [5, 5.41) is 3.29. The van der Waals surface area contributed by atoms with Gasteiger partial charge in [-0.1, -0.05) is 12.1 Å². The molecule has 0 radical (unpaired) electrons. The maximum atomic E-state index is 12.9. The van der Waals surface area contributed by atoms with Gasteiger partial charge in [-0.3, -0.25) is 0 Å². The first-order valence-electron chi connectivity index (χ1n) is 5.12. The Bertz CT molecular complexity index is 362. The Balaban J connectivity index is 2.45. The second-order valence-corrected chi connectivity index (χ2v) is 3.41. The highest BCUT2D eigenvalue weighted by Gasteiger charge is 2.04. The van der Waals surface area contributed by atoms with Crippen LogP contribution in [0.25, 0.3) is 0 Å². The minimum Gasteiger partial charge on any atom is -0.309 e. The van der Waals surface area contributed by atoms with Crippen LogP contribution in [0.5, 0.6) is 0 Å². The average Bonchev–Trinajstić information content (AvgIpc) is 2.24. The van der Waals surface area contributed by atoms with Crippen LogP contribution < -0.4 is 5.32 Å². The molecule has 1 N–H and O–H groups in total. The molecule has 1 rings (SSSR count). The van der Waals surface area contributed by atoms with Gasteiger partial charge in [0.1, 0.15) is 5.82 Å². The minimum atomic E-state index is -0.186. The van der Waals surface area contributed by atoms with Gasteiger partial charge in [0.15, 0.2) is 0 Å². The second kappa shape index (κ2) is 6.21. The summed E-state index contributed by atoms with van der Waals surface area (Å²) in [6, 6.07) is 6.84. The van der Waals surface area contributed by atoms with Crippen molar-refractivity contribution in [2.24, 2.45) is 0 Å². The van der Waals surface area contributed by atoms with E-state index in [0.717, 1.165) is 18.5 Å². The number of hydrogen-bond donors (Lipinski definition) is 1. The lowest BCUT2D eigenvalue weighted by molar-refractivity contribution is 0.573. The van der Waals surface area contributed by atoms with E-state index in [-0.39, 0.29) is 11.9 Å². The molecular formula is C13H16FN. The molecule has 0 fully saturated rings. The van der Waals surface area contributed by atoms with Gasteiger partial charge in [0.05, 0.1) is 0 Å². The zero-order valence-electron chi connectivity index (χ0n) is 9.18. The smallest absolute Gasteiger partial charge is 0.123 e. The SMILES string of the molecule is CC#CCCN[C@H](C)c1cccc(F)c1. The summed E-state index contributed by atoms with van der Waals surface area (Å²) in [5.41, 5.74) is 0.972. The van der Waals surface area contributed by atoms with Crippen molar-refractivity contribution in [1.29, 1.82) is 0 Å². The van der Waals surface area contributed by atoms with Crippen LogP contribution in [0.3, 0.4) is 0 Å². The Kier molecular flexibility index (Phi) is 4.86. The molecule has 1 nitrogen and oxygen atoms in total. The van der Waals surface area contributed by atoms with Gasteiger partial charge in [-0.15, -0.1) is 11.8 Å². The van der Waals surface area contributed by atoms with E-state index in [2.05, 4.69) is 17.2 Å². The van der Waals surface area contributed by atoms with Crippen LogP contribution in [-0.4, -0.2) is 6.54 Å². The molecule has 0 spiro atoms. The molecule has 0 bridgehead atoms. The van der Waals surface area contributed by atoms with E-state index in [1.54, 1.807) is 12.1 Å². The van der Waals surface area contributed by atoms with Crippen molar-refractivity contribution in [1.82, 2.24) is 5.32 Å². The fraction of sp³-hybridized carbons (Fsp3) is 0.385. The largest absolute Gasteiger partial charge is 0.309 e. The van der Waals surface area contributed by atoms with E-state index in [4.69, 9.17) is 0 Å². The van der Waals surface area contributed by atoms with Gasteiger partial charge in [-0.05, 0) is 31.5 Å². The Morgan fingerprint density at radius 2 is 2.27 bits per heavy atom. The van der Waals surface area contributed by atoms with Crippen molar-refractivity contribution >= 4 is 0 Å². The summed E-state index contributed by atoms with van der Waals surface area (Å²) in [6.45, 7) is 4.68. The zero-order chi connectivity index (χ0) is 11.1. The average molecular weight is 205 g/mol. The molecule has 0 aliphatic heterocycles. The third kappa shape index (κ3) is 4.14. The number of benzene rings is 1. The van der Waals surface area contributed by atoms with Crippen molar-refractivity contribution in [3.63, 3.8) is 0 Å². The standard InChI is InChI=1S/C13H16FN/c1-3-4-5-9-15-11(2)12-7-6-8-13(14)10-12/h6-8,10-11,15H,5,9H2,1-2H3/t11-/m1/s1. The van der Waals surface area contributed by atoms with Crippen molar-refractivity contribution < 1.29 is 4.39 Å². The Hall–Kier alpha value is -1.33. The molecule has 15 heavy (non-hydrogen) atoms. The second-order valence-electron chi connectivity index (χ2n) is 3.41. The Morgan fingerprint density at radius 3 is 2.93 bits per heavy atom. The van der Waals surface area contributed by atoms with Gasteiger partial charge < -0.3 is 5.32 Å². The summed E-state index contributed by atoms with van der Waals surface area (Å²) >= 11 is 0. The van der Waals surface area contributed by atoms with Gasteiger partial charge in [-0.2, -0.15) is 0 Å². The lowest BCUT2D eigenvalue weighted by Gasteiger charge is -2.13. The molecule has 1 atom stereocenters. The summed E-state index contributed by atoms with van der Waals surface area (Å²) < 4.78 is 12.9. The molecule has 0 aliphatic rings. The molecule has 1 aromatic carbocycles. The first-order chi connectivity index (χ1) is 7.24. The number of halogens is 1. The topological polar surface area (TPSA) is 12.0 Å². The number of hydrogen-bond acceptors (Lipinski definition) is 1. The molecule has 0 saturated carbocycles. The third-order valence-corrected chi connectivity index (χ3v) is 2.23. The van der Waals surface area contributed by atoms with E-state index in [9.17, 15) is 4.39 Å². The van der Waals surface area contributed by atoms with Gasteiger partial charge in [0.2, 0.25) is 0 Å². The van der Waals surface area contributed by atoms with Crippen LogP contribution in [-0.2, 0) is 0 Å². The quantitative estimate of drug-likeness (QED) is 0.588. The maximum Gasteiger partial charge on any atom is 0.123 e. The van der Waals surface area contributed by atoms with Gasteiger partial charge in [-0.25, -0.2) is 4.39 Å². The van der Waals surface area contributed by atoms with Crippen molar-refractivity contribution in [3.05, 3.63) is 35.6 Å². The van der Waals surface area contributed by atoms with E-state index in [1.165, 1.54) is 6.07 Å². The van der Waals surface area contributed by atoms with Crippen LogP contribution in [0.15, 0.2) is 24.3 Å². The van der Waals surface area contributed by atoms with Crippen molar-refractivity contribution in [3.8, 4) is 11.8 Å². The van der Waals surface area contributed by atoms with Crippen LogP contribution in [0, 0.1) is 17.7 Å². The highest BCUT2D eigenvalue weighted by Crippen LogP contribution is 2.12. The molecule has 0 aromatic heterocycles. The van der Waals surface area contributed by atoms with Gasteiger partial charge in [0.25, 0.3) is 0 Å². The maximum absolute atomic E-state index is 12.9. The van der Waals surface area contributed by atoms with Crippen LogP contribution in [0.2, 0.25) is 0 Å². The van der Waals surface area contributed by atoms with Crippen LogP contribution in [0.4, 0.5) is 4.39 Å². The van der Waals surface area contributed by atoms with Crippen LogP contribution >= 0.6 is 0 Å². The van der Waals surface area contributed by atoms with E-state index in [1.807, 2.05) is 19.9 Å². The number of nitrogens with one attached hydrogen (secondary N) is 1. The fourth-order valence-electron chi connectivity index (χ4n) is 1.37. The predicted octanol–water partition coefficient (Wildman–Crippen LogP) is 2.89. The predicted molar refractivity (Wildman–Crippen MR) is 60.9 cm³/mol. The molecule has 0 amide bonds. The summed E-state index contributed by atoms with van der Waals surface area (Å²) in [7, 11) is 0. The molecule has 0 unspecified atom stereocenters. The fourth-order valence-corrected chi connectivity index (χ4v) is 1.37. The van der Waals surface area contributed by atoms with Crippen LogP contribution in [0.1, 0.15) is 31.9 Å². The highest BCUT2D eigenvalue weighted by atomic mass is 19.1. The zero-order valence-corrected chi connectivity index (χ0v) is 9.18. The first kappa shape index (κ1) is 11.7. The monoisotopic (exact) mass is 205 g/mol. The van der Waals surface area contributed by atoms with Gasteiger partial charge in [0, 0.05) is 19.0 Å². The summed E-state index contributed by atoms with van der Waals surface area (Å²) in [5.74, 6) is 5.63. The number of rotatable bonds is 4. The third-order valence-electron chi connectivity index (χ3n) is 2.23. The highest BCUT2D eigenvalue weighted by molar-refractivity contribution is 5.19. The molecule has 0 aliphatic carbocycles. The normalized spacial score (nSPS) is 11.7. The van der Waals surface area contributed by atoms with Crippen molar-refractivity contribution in [2.45, 2.75) is 26.3 Å². The molecule has 2 heteroatoms. The van der Waals surface area contributed by atoms with Crippen molar-refractivity contribution in [2.75, 3.05) is 6.54 Å². The Labute approximate surface area is 90.7 Å². The Morgan fingerprint density at radius 1 is 1.47 bits per heavy atom. The molecule has 0 saturated heterocycles. The molecular weight excluding hydrogens is 189 g/mol. The van der Waals surface area contributed by atoms with Gasteiger partial charge >= 0.3 is 0 Å². The molecule has 80 valence electrons. The van der Waals surface area contributed by atoms with E-state index < -0.39 is 0 Å². The first-order valence-corrected chi connectivity index (χ1v) is 5.12.